The van der Waals surface area contributed by atoms with Gasteiger partial charge in [-0.05, 0) is 37.1 Å². The summed E-state index contributed by atoms with van der Waals surface area (Å²) in [6.07, 6.45) is 0. The molecule has 0 saturated heterocycles. The van der Waals surface area contributed by atoms with Crippen LogP contribution in [-0.4, -0.2) is 4.92 Å². The Labute approximate surface area is 126 Å². The van der Waals surface area contributed by atoms with Gasteiger partial charge in [0.2, 0.25) is 0 Å². The first kappa shape index (κ1) is 15.0. The van der Waals surface area contributed by atoms with E-state index in [1.807, 2.05) is 0 Å². The fraction of sp³-hybridized carbons (Fsp3) is 0.286. The summed E-state index contributed by atoms with van der Waals surface area (Å²) >= 11 is 7.55. The summed E-state index contributed by atoms with van der Waals surface area (Å²) < 4.78 is 0. The second-order valence-corrected chi connectivity index (χ2v) is 6.35. The van der Waals surface area contributed by atoms with Gasteiger partial charge >= 0.3 is 0 Å². The Balaban J connectivity index is 1.97. The molecule has 20 heavy (non-hydrogen) atoms. The standard InChI is InChI=1S/C14H15ClN2O2S/c1-9-5-12(20-10(9)2)8-16-7-11-3-4-13(15)14(6-11)17(18)19/h3-6,16H,7-8H2,1-2H3. The van der Waals surface area contributed by atoms with Crippen molar-refractivity contribution in [1.82, 2.24) is 5.32 Å². The summed E-state index contributed by atoms with van der Waals surface area (Å²) in [4.78, 5) is 12.9. The fourth-order valence-electron chi connectivity index (χ4n) is 1.87. The first-order valence-electron chi connectivity index (χ1n) is 6.17. The summed E-state index contributed by atoms with van der Waals surface area (Å²) in [6.45, 7) is 5.54. The molecule has 106 valence electrons. The Kier molecular flexibility index (Phi) is 4.75. The van der Waals surface area contributed by atoms with Crippen LogP contribution in [0.3, 0.4) is 0 Å². The van der Waals surface area contributed by atoms with Crippen molar-refractivity contribution in [3.05, 3.63) is 60.3 Å². The third-order valence-corrected chi connectivity index (χ3v) is 4.52. The minimum Gasteiger partial charge on any atom is -0.308 e. The number of nitrogens with zero attached hydrogens (tertiary/aromatic N) is 1. The zero-order valence-corrected chi connectivity index (χ0v) is 12.8. The number of halogens is 1. The Bertz CT molecular complexity index is 621. The Morgan fingerprint density at radius 3 is 2.65 bits per heavy atom. The average molecular weight is 311 g/mol. The molecule has 1 aromatic heterocycles. The van der Waals surface area contributed by atoms with E-state index in [1.54, 1.807) is 23.5 Å². The number of nitro groups is 1. The van der Waals surface area contributed by atoms with Crippen molar-refractivity contribution >= 4 is 28.6 Å². The zero-order valence-electron chi connectivity index (χ0n) is 11.3. The van der Waals surface area contributed by atoms with E-state index in [9.17, 15) is 10.1 Å². The highest BCUT2D eigenvalue weighted by Gasteiger charge is 2.12. The molecule has 0 fully saturated rings. The van der Waals surface area contributed by atoms with Gasteiger partial charge in [0.1, 0.15) is 5.02 Å². The maximum absolute atomic E-state index is 10.8. The summed E-state index contributed by atoms with van der Waals surface area (Å²) in [5.41, 5.74) is 2.11. The summed E-state index contributed by atoms with van der Waals surface area (Å²) in [6, 6.07) is 7.04. The van der Waals surface area contributed by atoms with Crippen molar-refractivity contribution < 1.29 is 4.92 Å². The molecule has 1 N–H and O–H groups in total. The van der Waals surface area contributed by atoms with Crippen molar-refractivity contribution in [2.45, 2.75) is 26.9 Å². The lowest BCUT2D eigenvalue weighted by Gasteiger charge is -2.04. The van der Waals surface area contributed by atoms with Gasteiger partial charge in [-0.25, -0.2) is 0 Å². The van der Waals surface area contributed by atoms with Crippen LogP contribution in [0, 0.1) is 24.0 Å². The largest absolute Gasteiger partial charge is 0.308 e. The van der Waals surface area contributed by atoms with Crippen LogP contribution in [0.5, 0.6) is 0 Å². The van der Waals surface area contributed by atoms with Crippen molar-refractivity contribution in [2.75, 3.05) is 0 Å². The maximum atomic E-state index is 10.8. The van der Waals surface area contributed by atoms with Gasteiger partial charge in [-0.1, -0.05) is 17.7 Å². The molecular formula is C14H15ClN2O2S. The lowest BCUT2D eigenvalue weighted by atomic mass is 10.2. The third-order valence-electron chi connectivity index (χ3n) is 3.05. The van der Waals surface area contributed by atoms with E-state index in [0.717, 1.165) is 12.1 Å². The maximum Gasteiger partial charge on any atom is 0.288 e. The van der Waals surface area contributed by atoms with Gasteiger partial charge in [0.05, 0.1) is 4.92 Å². The van der Waals surface area contributed by atoms with Crippen molar-refractivity contribution in [2.24, 2.45) is 0 Å². The number of rotatable bonds is 5. The summed E-state index contributed by atoms with van der Waals surface area (Å²) in [5.74, 6) is 0. The normalized spacial score (nSPS) is 10.8. The third kappa shape index (κ3) is 3.56. The number of thiophene rings is 1. The van der Waals surface area contributed by atoms with E-state index >= 15 is 0 Å². The van der Waals surface area contributed by atoms with Gasteiger partial charge < -0.3 is 5.32 Å². The minimum absolute atomic E-state index is 0.0474. The molecule has 1 heterocycles. The van der Waals surface area contributed by atoms with Crippen molar-refractivity contribution in [3.8, 4) is 0 Å². The summed E-state index contributed by atoms with van der Waals surface area (Å²) in [7, 11) is 0. The molecular weight excluding hydrogens is 296 g/mol. The van der Waals surface area contributed by atoms with Crippen LogP contribution in [0.25, 0.3) is 0 Å². The molecule has 0 aliphatic rings. The lowest BCUT2D eigenvalue weighted by molar-refractivity contribution is -0.384. The Morgan fingerprint density at radius 2 is 2.05 bits per heavy atom. The number of nitro benzene ring substituents is 1. The van der Waals surface area contributed by atoms with Gasteiger partial charge in [-0.2, -0.15) is 0 Å². The van der Waals surface area contributed by atoms with E-state index in [1.165, 1.54) is 21.4 Å². The average Bonchev–Trinajstić information content (AvgIpc) is 2.70. The monoisotopic (exact) mass is 310 g/mol. The molecule has 2 rings (SSSR count). The second-order valence-electron chi connectivity index (χ2n) is 4.60. The molecule has 0 radical (unpaired) electrons. The number of hydrogen-bond acceptors (Lipinski definition) is 4. The number of nitrogens with one attached hydrogen (secondary N) is 1. The van der Waals surface area contributed by atoms with Crippen LogP contribution in [-0.2, 0) is 13.1 Å². The fourth-order valence-corrected chi connectivity index (χ4v) is 3.08. The highest BCUT2D eigenvalue weighted by Crippen LogP contribution is 2.25. The van der Waals surface area contributed by atoms with Crippen LogP contribution in [0.15, 0.2) is 24.3 Å². The van der Waals surface area contributed by atoms with Gasteiger partial charge in [0, 0.05) is 28.9 Å². The minimum atomic E-state index is -0.460. The molecule has 1 aromatic carbocycles. The van der Waals surface area contributed by atoms with E-state index in [-0.39, 0.29) is 10.7 Å². The summed E-state index contributed by atoms with van der Waals surface area (Å²) in [5, 5.41) is 14.3. The van der Waals surface area contributed by atoms with Crippen LogP contribution in [0.4, 0.5) is 5.69 Å². The van der Waals surface area contributed by atoms with Crippen LogP contribution >= 0.6 is 22.9 Å². The predicted molar refractivity (Wildman–Crippen MR) is 82.4 cm³/mol. The molecule has 0 bridgehead atoms. The molecule has 0 atom stereocenters. The topological polar surface area (TPSA) is 55.2 Å². The molecule has 0 aliphatic carbocycles. The molecule has 0 amide bonds. The molecule has 0 unspecified atom stereocenters. The predicted octanol–water partition coefficient (Wildman–Crippen LogP) is 4.22. The second kappa shape index (κ2) is 6.35. The Morgan fingerprint density at radius 1 is 1.30 bits per heavy atom. The number of benzene rings is 1. The van der Waals surface area contributed by atoms with Gasteiger partial charge in [0.25, 0.3) is 5.69 Å². The van der Waals surface area contributed by atoms with Crippen molar-refractivity contribution in [3.63, 3.8) is 0 Å². The number of aryl methyl sites for hydroxylation is 2. The van der Waals surface area contributed by atoms with Crippen LogP contribution in [0.1, 0.15) is 20.9 Å². The first-order chi connectivity index (χ1) is 9.47. The molecule has 2 aromatic rings. The molecule has 6 heteroatoms. The van der Waals surface area contributed by atoms with E-state index < -0.39 is 4.92 Å². The van der Waals surface area contributed by atoms with E-state index in [2.05, 4.69) is 25.2 Å². The molecule has 0 spiro atoms. The van der Waals surface area contributed by atoms with E-state index in [4.69, 9.17) is 11.6 Å². The zero-order chi connectivity index (χ0) is 14.7. The molecule has 0 saturated carbocycles. The van der Waals surface area contributed by atoms with Crippen LogP contribution < -0.4 is 5.32 Å². The number of hydrogen-bond donors (Lipinski definition) is 1. The smallest absolute Gasteiger partial charge is 0.288 e. The van der Waals surface area contributed by atoms with Gasteiger partial charge in [0.15, 0.2) is 0 Å². The Hall–Kier alpha value is -1.43. The van der Waals surface area contributed by atoms with Gasteiger partial charge in [-0.15, -0.1) is 11.3 Å². The van der Waals surface area contributed by atoms with Crippen molar-refractivity contribution in [1.29, 1.82) is 0 Å². The SMILES string of the molecule is Cc1cc(CNCc2ccc(Cl)c([N+](=O)[O-])c2)sc1C. The molecule has 0 aliphatic heterocycles. The molecule has 4 nitrogen and oxygen atoms in total. The van der Waals surface area contributed by atoms with Gasteiger partial charge in [-0.3, -0.25) is 10.1 Å². The first-order valence-corrected chi connectivity index (χ1v) is 7.36. The highest BCUT2D eigenvalue weighted by atomic mass is 35.5. The quantitative estimate of drug-likeness (QED) is 0.664. The van der Waals surface area contributed by atoms with Crippen LogP contribution in [0.2, 0.25) is 5.02 Å². The lowest BCUT2D eigenvalue weighted by Crippen LogP contribution is -2.11. The highest BCUT2D eigenvalue weighted by molar-refractivity contribution is 7.12. The van der Waals surface area contributed by atoms with E-state index in [0.29, 0.717) is 6.54 Å².